The van der Waals surface area contributed by atoms with E-state index in [1.165, 1.54) is 0 Å². The molecule has 0 aliphatic heterocycles. The fourth-order valence-electron chi connectivity index (χ4n) is 2.22. The van der Waals surface area contributed by atoms with E-state index in [0.29, 0.717) is 5.88 Å². The van der Waals surface area contributed by atoms with Crippen molar-refractivity contribution >= 4 is 23.1 Å². The van der Waals surface area contributed by atoms with E-state index < -0.39 is 11.9 Å². The molecule has 0 spiro atoms. The third-order valence-electron chi connectivity index (χ3n) is 3.43. The van der Waals surface area contributed by atoms with E-state index in [2.05, 4.69) is 0 Å². The molecule has 0 bridgehead atoms. The molecule has 1 unspecified atom stereocenters. The van der Waals surface area contributed by atoms with Crippen LogP contribution >= 0.6 is 11.6 Å². The second-order valence-corrected chi connectivity index (χ2v) is 5.13. The predicted octanol–water partition coefficient (Wildman–Crippen LogP) is 4.55. The minimum Gasteiger partial charge on any atom is -0.481 e. The average molecular weight is 301 g/mol. The van der Waals surface area contributed by atoms with Crippen LogP contribution in [-0.2, 0) is 4.79 Å². The van der Waals surface area contributed by atoms with Gasteiger partial charge in [-0.05, 0) is 29.2 Å². The zero-order chi connectivity index (χ0) is 15.2. The van der Waals surface area contributed by atoms with Crippen LogP contribution in [0.3, 0.4) is 0 Å². The summed E-state index contributed by atoms with van der Waals surface area (Å²) in [7, 11) is 0. The monoisotopic (exact) mass is 300 g/mol. The van der Waals surface area contributed by atoms with Crippen molar-refractivity contribution in [2.24, 2.45) is 0 Å². The van der Waals surface area contributed by atoms with Gasteiger partial charge >= 0.3 is 5.97 Å². The Kier molecular flexibility index (Phi) is 5.18. The number of aliphatic carboxylic acids is 1. The summed E-state index contributed by atoms with van der Waals surface area (Å²) in [6.07, 6.45) is 1.95. The highest BCUT2D eigenvalue weighted by atomic mass is 35.5. The lowest BCUT2D eigenvalue weighted by Crippen LogP contribution is -2.07. The second-order valence-electron chi connectivity index (χ2n) is 4.82. The van der Waals surface area contributed by atoms with Gasteiger partial charge in [0.2, 0.25) is 0 Å². The van der Waals surface area contributed by atoms with Gasteiger partial charge < -0.3 is 5.11 Å². The van der Waals surface area contributed by atoms with Gasteiger partial charge in [-0.25, -0.2) is 0 Å². The van der Waals surface area contributed by atoms with Crippen molar-refractivity contribution in [3.8, 4) is 0 Å². The SMILES string of the molecule is CC(C(=O)O)c1cccc(/C(=C\CCl)c2ccccc2)c1. The highest BCUT2D eigenvalue weighted by Gasteiger charge is 2.14. The summed E-state index contributed by atoms with van der Waals surface area (Å²) in [6.45, 7) is 1.69. The Morgan fingerprint density at radius 3 is 2.43 bits per heavy atom. The minimum absolute atomic E-state index is 0.406. The summed E-state index contributed by atoms with van der Waals surface area (Å²) in [6, 6.07) is 17.6. The molecule has 0 amide bonds. The fraction of sp³-hybridized carbons (Fsp3) is 0.167. The molecule has 0 saturated heterocycles. The van der Waals surface area contributed by atoms with E-state index in [9.17, 15) is 4.79 Å². The first-order valence-electron chi connectivity index (χ1n) is 6.78. The predicted molar refractivity (Wildman–Crippen MR) is 86.7 cm³/mol. The van der Waals surface area contributed by atoms with Crippen LogP contribution in [0.4, 0.5) is 0 Å². The molecule has 108 valence electrons. The lowest BCUT2D eigenvalue weighted by atomic mass is 9.93. The number of carboxylic acids is 1. The quantitative estimate of drug-likeness (QED) is 0.823. The summed E-state index contributed by atoms with van der Waals surface area (Å²) in [5.41, 5.74) is 3.85. The number of carbonyl (C=O) groups is 1. The second kappa shape index (κ2) is 7.09. The van der Waals surface area contributed by atoms with Crippen LogP contribution in [0, 0.1) is 0 Å². The Bertz CT molecular complexity index is 647. The molecule has 2 aromatic carbocycles. The van der Waals surface area contributed by atoms with Crippen LogP contribution in [0.5, 0.6) is 0 Å². The van der Waals surface area contributed by atoms with Crippen molar-refractivity contribution < 1.29 is 9.90 Å². The maximum atomic E-state index is 11.1. The van der Waals surface area contributed by atoms with Crippen LogP contribution in [0.25, 0.3) is 5.57 Å². The summed E-state index contributed by atoms with van der Waals surface area (Å²) in [5, 5.41) is 9.15. The number of rotatable bonds is 5. The molecule has 2 nitrogen and oxygen atoms in total. The molecule has 0 aliphatic carbocycles. The van der Waals surface area contributed by atoms with Crippen molar-refractivity contribution in [3.63, 3.8) is 0 Å². The number of benzene rings is 2. The van der Waals surface area contributed by atoms with E-state index in [-0.39, 0.29) is 0 Å². The summed E-state index contributed by atoms with van der Waals surface area (Å²) >= 11 is 5.88. The van der Waals surface area contributed by atoms with Crippen LogP contribution in [0.1, 0.15) is 29.5 Å². The van der Waals surface area contributed by atoms with E-state index >= 15 is 0 Å². The Morgan fingerprint density at radius 1 is 1.14 bits per heavy atom. The van der Waals surface area contributed by atoms with E-state index in [1.807, 2.05) is 60.7 Å². The van der Waals surface area contributed by atoms with Crippen LogP contribution in [-0.4, -0.2) is 17.0 Å². The zero-order valence-electron chi connectivity index (χ0n) is 11.8. The number of hydrogen-bond donors (Lipinski definition) is 1. The average Bonchev–Trinajstić information content (AvgIpc) is 2.52. The van der Waals surface area contributed by atoms with Gasteiger partial charge in [0.25, 0.3) is 0 Å². The molecule has 0 fully saturated rings. The standard InChI is InChI=1S/C18H17ClO2/c1-13(18(20)21)15-8-5-9-16(12-15)17(10-11-19)14-6-3-2-4-7-14/h2-10,12-13H,11H2,1H3,(H,20,21)/b17-10-. The first-order valence-corrected chi connectivity index (χ1v) is 7.31. The van der Waals surface area contributed by atoms with Gasteiger partial charge in [0.1, 0.15) is 0 Å². The molecule has 2 aromatic rings. The van der Waals surface area contributed by atoms with Gasteiger partial charge in [-0.3, -0.25) is 4.79 Å². The van der Waals surface area contributed by atoms with Gasteiger partial charge in [-0.1, -0.05) is 60.7 Å². The van der Waals surface area contributed by atoms with Gasteiger partial charge in [-0.2, -0.15) is 0 Å². The molecule has 0 heterocycles. The molecule has 0 radical (unpaired) electrons. The number of hydrogen-bond acceptors (Lipinski definition) is 1. The molecule has 0 aliphatic rings. The highest BCUT2D eigenvalue weighted by molar-refractivity contribution is 6.19. The Morgan fingerprint density at radius 2 is 1.81 bits per heavy atom. The summed E-state index contributed by atoms with van der Waals surface area (Å²) < 4.78 is 0. The molecule has 21 heavy (non-hydrogen) atoms. The molecule has 3 heteroatoms. The molecule has 1 N–H and O–H groups in total. The smallest absolute Gasteiger partial charge is 0.310 e. The topological polar surface area (TPSA) is 37.3 Å². The lowest BCUT2D eigenvalue weighted by Gasteiger charge is -2.12. The molecule has 2 rings (SSSR count). The Labute approximate surface area is 129 Å². The first kappa shape index (κ1) is 15.3. The van der Waals surface area contributed by atoms with E-state index in [0.717, 1.165) is 22.3 Å². The summed E-state index contributed by atoms with van der Waals surface area (Å²) in [5.74, 6) is -0.948. The fourth-order valence-corrected chi connectivity index (χ4v) is 2.37. The van der Waals surface area contributed by atoms with Gasteiger partial charge in [0.15, 0.2) is 0 Å². The van der Waals surface area contributed by atoms with Crippen molar-refractivity contribution in [2.45, 2.75) is 12.8 Å². The molecule has 1 atom stereocenters. The number of carboxylic acid groups (broad SMARTS) is 1. The van der Waals surface area contributed by atoms with Crippen molar-refractivity contribution in [3.05, 3.63) is 77.4 Å². The Hall–Kier alpha value is -2.06. The number of alkyl halides is 1. The van der Waals surface area contributed by atoms with Crippen LogP contribution in [0.15, 0.2) is 60.7 Å². The lowest BCUT2D eigenvalue weighted by molar-refractivity contribution is -0.138. The Balaban J connectivity index is 2.45. The summed E-state index contributed by atoms with van der Waals surface area (Å²) in [4.78, 5) is 11.1. The third-order valence-corrected chi connectivity index (χ3v) is 3.59. The van der Waals surface area contributed by atoms with E-state index in [1.54, 1.807) is 6.92 Å². The van der Waals surface area contributed by atoms with Crippen molar-refractivity contribution in [1.82, 2.24) is 0 Å². The van der Waals surface area contributed by atoms with Crippen LogP contribution in [0.2, 0.25) is 0 Å². The first-order chi connectivity index (χ1) is 10.1. The van der Waals surface area contributed by atoms with Crippen LogP contribution < -0.4 is 0 Å². The van der Waals surface area contributed by atoms with Gasteiger partial charge in [-0.15, -0.1) is 11.6 Å². The number of allylic oxidation sites excluding steroid dienone is 1. The molecular weight excluding hydrogens is 284 g/mol. The number of halogens is 1. The molecule has 0 saturated carbocycles. The largest absolute Gasteiger partial charge is 0.481 e. The van der Waals surface area contributed by atoms with E-state index in [4.69, 9.17) is 16.7 Å². The highest BCUT2D eigenvalue weighted by Crippen LogP contribution is 2.26. The molecule has 0 aromatic heterocycles. The molecular formula is C18H17ClO2. The van der Waals surface area contributed by atoms with Gasteiger partial charge in [0, 0.05) is 5.88 Å². The maximum Gasteiger partial charge on any atom is 0.310 e. The third kappa shape index (κ3) is 3.73. The normalized spacial score (nSPS) is 13.0. The zero-order valence-corrected chi connectivity index (χ0v) is 12.5. The van der Waals surface area contributed by atoms with Gasteiger partial charge in [0.05, 0.1) is 5.92 Å². The van der Waals surface area contributed by atoms with Crippen molar-refractivity contribution in [1.29, 1.82) is 0 Å². The maximum absolute atomic E-state index is 11.1. The van der Waals surface area contributed by atoms with Crippen molar-refractivity contribution in [2.75, 3.05) is 5.88 Å². The minimum atomic E-state index is -0.824.